The zero-order chi connectivity index (χ0) is 24.0. The summed E-state index contributed by atoms with van der Waals surface area (Å²) in [5, 5.41) is 14.7. The van der Waals surface area contributed by atoms with Gasteiger partial charge in [0.05, 0.1) is 30.9 Å². The van der Waals surface area contributed by atoms with Crippen LogP contribution in [-0.2, 0) is 10.5 Å². The van der Waals surface area contributed by atoms with Gasteiger partial charge in [-0.3, -0.25) is 14.3 Å². The summed E-state index contributed by atoms with van der Waals surface area (Å²) in [6.45, 7) is 4.60. The Labute approximate surface area is 209 Å². The van der Waals surface area contributed by atoms with Gasteiger partial charge in [-0.1, -0.05) is 11.8 Å². The van der Waals surface area contributed by atoms with E-state index in [4.69, 9.17) is 9.15 Å². The van der Waals surface area contributed by atoms with Crippen molar-refractivity contribution in [3.63, 3.8) is 0 Å². The second-order valence-electron chi connectivity index (χ2n) is 7.72. The molecule has 0 unspecified atom stereocenters. The van der Waals surface area contributed by atoms with E-state index in [1.165, 1.54) is 35.2 Å². The predicted molar refractivity (Wildman–Crippen MR) is 130 cm³/mol. The number of carbonyl (C=O) groups excluding carboxylic acids is 1. The molecule has 35 heavy (non-hydrogen) atoms. The van der Waals surface area contributed by atoms with Crippen LogP contribution in [0.1, 0.15) is 15.5 Å². The third-order valence-electron chi connectivity index (χ3n) is 5.39. The molecule has 5 rings (SSSR count). The van der Waals surface area contributed by atoms with Crippen molar-refractivity contribution in [3.05, 3.63) is 64.6 Å². The van der Waals surface area contributed by atoms with Gasteiger partial charge in [-0.2, -0.15) is 0 Å². The van der Waals surface area contributed by atoms with Crippen molar-refractivity contribution in [1.29, 1.82) is 0 Å². The Hall–Kier alpha value is -3.06. The maximum atomic E-state index is 13.5. The fraction of sp³-hybridized carbons (Fsp3) is 0.304. The highest BCUT2D eigenvalue weighted by atomic mass is 32.2. The number of morpholine rings is 1. The Bertz CT molecular complexity index is 1250. The van der Waals surface area contributed by atoms with Crippen molar-refractivity contribution in [1.82, 2.24) is 30.0 Å². The number of hydrogen-bond donors (Lipinski definition) is 1. The summed E-state index contributed by atoms with van der Waals surface area (Å²) in [7, 11) is 0. The molecule has 1 aromatic carbocycles. The van der Waals surface area contributed by atoms with E-state index in [0.717, 1.165) is 37.9 Å². The Morgan fingerprint density at radius 3 is 2.77 bits per heavy atom. The van der Waals surface area contributed by atoms with Crippen LogP contribution in [0.3, 0.4) is 0 Å². The molecule has 4 heterocycles. The Balaban J connectivity index is 1.24. The molecule has 182 valence electrons. The minimum absolute atomic E-state index is 0.180. The Morgan fingerprint density at radius 1 is 1.17 bits per heavy atom. The lowest BCUT2D eigenvalue weighted by atomic mass is 10.3. The standard InChI is InChI=1S/C23H23FN6O3S2/c24-16-3-5-17(6-4-16)30-21(19-2-1-11-33-19)27-28-23(30)35-15-20-26-18(14-34-20)22(31)25-7-8-29-9-12-32-13-10-29/h1-6,11,14H,7-10,12-13,15H2,(H,25,31). The van der Waals surface area contributed by atoms with Crippen LogP contribution >= 0.6 is 23.1 Å². The summed E-state index contributed by atoms with van der Waals surface area (Å²) in [5.74, 6) is 1.07. The molecule has 0 atom stereocenters. The van der Waals surface area contributed by atoms with E-state index in [-0.39, 0.29) is 11.7 Å². The van der Waals surface area contributed by atoms with Crippen molar-refractivity contribution >= 4 is 29.0 Å². The van der Waals surface area contributed by atoms with Crippen molar-refractivity contribution in [2.75, 3.05) is 39.4 Å². The quantitative estimate of drug-likeness (QED) is 0.339. The van der Waals surface area contributed by atoms with Crippen molar-refractivity contribution in [3.8, 4) is 17.3 Å². The fourth-order valence-electron chi connectivity index (χ4n) is 3.60. The molecule has 12 heteroatoms. The normalized spacial score (nSPS) is 14.3. The van der Waals surface area contributed by atoms with Crippen LogP contribution in [0.5, 0.6) is 0 Å². The fourth-order valence-corrected chi connectivity index (χ4v) is 5.35. The molecule has 1 fully saturated rings. The highest BCUT2D eigenvalue weighted by molar-refractivity contribution is 7.98. The van der Waals surface area contributed by atoms with Crippen LogP contribution < -0.4 is 5.32 Å². The maximum Gasteiger partial charge on any atom is 0.270 e. The van der Waals surface area contributed by atoms with Crippen LogP contribution in [0.15, 0.2) is 57.6 Å². The first kappa shape index (κ1) is 23.7. The van der Waals surface area contributed by atoms with E-state index in [1.807, 2.05) is 4.57 Å². The highest BCUT2D eigenvalue weighted by Gasteiger charge is 2.19. The molecule has 1 amide bonds. The van der Waals surface area contributed by atoms with Gasteiger partial charge in [0, 0.05) is 31.6 Å². The molecule has 9 nitrogen and oxygen atoms in total. The number of thiazole rings is 1. The third-order valence-corrected chi connectivity index (χ3v) is 7.36. The van der Waals surface area contributed by atoms with Gasteiger partial charge in [0.2, 0.25) is 5.82 Å². The first-order chi connectivity index (χ1) is 17.2. The number of nitrogens with zero attached hydrogens (tertiary/aromatic N) is 5. The first-order valence-electron chi connectivity index (χ1n) is 11.1. The first-order valence-corrected chi connectivity index (χ1v) is 12.9. The van der Waals surface area contributed by atoms with E-state index in [9.17, 15) is 9.18 Å². The molecule has 1 N–H and O–H groups in total. The topological polar surface area (TPSA) is 98.3 Å². The van der Waals surface area contributed by atoms with Crippen LogP contribution in [0.2, 0.25) is 0 Å². The number of rotatable bonds is 9. The Kier molecular flexibility index (Phi) is 7.52. The predicted octanol–water partition coefficient (Wildman–Crippen LogP) is 3.48. The minimum atomic E-state index is -0.325. The second-order valence-corrected chi connectivity index (χ2v) is 9.61. The molecular weight excluding hydrogens is 491 g/mol. The van der Waals surface area contributed by atoms with E-state index in [0.29, 0.717) is 40.4 Å². The molecule has 3 aromatic heterocycles. The number of aromatic nitrogens is 4. The van der Waals surface area contributed by atoms with Crippen molar-refractivity contribution in [2.45, 2.75) is 10.9 Å². The lowest BCUT2D eigenvalue weighted by Gasteiger charge is -2.26. The van der Waals surface area contributed by atoms with E-state index >= 15 is 0 Å². The molecule has 0 bridgehead atoms. The molecule has 1 saturated heterocycles. The number of ether oxygens (including phenoxy) is 1. The molecule has 0 saturated carbocycles. The van der Waals surface area contributed by atoms with E-state index in [1.54, 1.807) is 35.9 Å². The summed E-state index contributed by atoms with van der Waals surface area (Å²) in [5.41, 5.74) is 1.12. The monoisotopic (exact) mass is 514 g/mol. The number of halogens is 1. The lowest BCUT2D eigenvalue weighted by Crippen LogP contribution is -2.41. The van der Waals surface area contributed by atoms with Gasteiger partial charge in [0.25, 0.3) is 5.91 Å². The summed E-state index contributed by atoms with van der Waals surface area (Å²) >= 11 is 2.85. The van der Waals surface area contributed by atoms with E-state index < -0.39 is 0 Å². The number of hydrogen-bond acceptors (Lipinski definition) is 9. The minimum Gasteiger partial charge on any atom is -0.461 e. The summed E-state index contributed by atoms with van der Waals surface area (Å²) in [4.78, 5) is 19.2. The Morgan fingerprint density at radius 2 is 2.00 bits per heavy atom. The number of carbonyl (C=O) groups is 1. The lowest BCUT2D eigenvalue weighted by molar-refractivity contribution is 0.0383. The van der Waals surface area contributed by atoms with Gasteiger partial charge in [0.15, 0.2) is 10.9 Å². The smallest absolute Gasteiger partial charge is 0.270 e. The van der Waals surface area contributed by atoms with Crippen LogP contribution in [-0.4, -0.2) is 69.9 Å². The highest BCUT2D eigenvalue weighted by Crippen LogP contribution is 2.30. The molecule has 4 aromatic rings. The van der Waals surface area contributed by atoms with Gasteiger partial charge in [-0.05, 0) is 36.4 Å². The van der Waals surface area contributed by atoms with Gasteiger partial charge < -0.3 is 14.5 Å². The average molecular weight is 515 g/mol. The number of furan rings is 1. The van der Waals surface area contributed by atoms with Gasteiger partial charge in [-0.25, -0.2) is 9.37 Å². The maximum absolute atomic E-state index is 13.5. The molecule has 1 aliphatic rings. The third kappa shape index (κ3) is 5.78. The van der Waals surface area contributed by atoms with Gasteiger partial charge in [-0.15, -0.1) is 21.5 Å². The van der Waals surface area contributed by atoms with Crippen molar-refractivity contribution in [2.24, 2.45) is 0 Å². The average Bonchev–Trinajstić information content (AvgIpc) is 3.65. The second kappa shape index (κ2) is 11.1. The van der Waals surface area contributed by atoms with Crippen molar-refractivity contribution < 1.29 is 18.3 Å². The van der Waals surface area contributed by atoms with Gasteiger partial charge in [0.1, 0.15) is 16.5 Å². The summed E-state index contributed by atoms with van der Waals surface area (Å²) in [6.07, 6.45) is 1.56. The van der Waals surface area contributed by atoms with Crippen LogP contribution in [0, 0.1) is 5.82 Å². The summed E-state index contributed by atoms with van der Waals surface area (Å²) in [6, 6.07) is 9.68. The number of benzene rings is 1. The molecule has 1 aliphatic heterocycles. The summed E-state index contributed by atoms with van der Waals surface area (Å²) < 4.78 is 26.2. The van der Waals surface area contributed by atoms with Crippen LogP contribution in [0.25, 0.3) is 17.3 Å². The molecule has 0 aliphatic carbocycles. The molecule has 0 spiro atoms. The zero-order valence-corrected chi connectivity index (χ0v) is 20.4. The number of thioether (sulfide) groups is 1. The largest absolute Gasteiger partial charge is 0.461 e. The number of nitrogens with one attached hydrogen (secondary N) is 1. The molecule has 0 radical (unpaired) electrons. The van der Waals surface area contributed by atoms with E-state index in [2.05, 4.69) is 25.4 Å². The SMILES string of the molecule is O=C(NCCN1CCOCC1)c1csc(CSc2nnc(-c3ccco3)n2-c2ccc(F)cc2)n1. The number of amides is 1. The zero-order valence-electron chi connectivity index (χ0n) is 18.7. The molecular formula is C23H23FN6O3S2. The van der Waals surface area contributed by atoms with Crippen LogP contribution in [0.4, 0.5) is 4.39 Å². The van der Waals surface area contributed by atoms with Gasteiger partial charge >= 0.3 is 0 Å².